The van der Waals surface area contributed by atoms with Gasteiger partial charge in [0.15, 0.2) is 0 Å². The van der Waals surface area contributed by atoms with Gasteiger partial charge in [-0.3, -0.25) is 4.79 Å². The Hall–Kier alpha value is -0.580. The molecule has 1 aromatic rings. The Morgan fingerprint density at radius 1 is 1.53 bits per heavy atom. The summed E-state index contributed by atoms with van der Waals surface area (Å²) < 4.78 is 0.944. The van der Waals surface area contributed by atoms with Crippen LogP contribution in [0.15, 0.2) is 22.7 Å². The lowest BCUT2D eigenvalue weighted by Gasteiger charge is -2.06. The zero-order valence-corrected chi connectivity index (χ0v) is 10.7. The summed E-state index contributed by atoms with van der Waals surface area (Å²) in [5.74, 6) is -0.0277. The minimum atomic E-state index is -0.0277. The van der Waals surface area contributed by atoms with Gasteiger partial charge in [-0.15, -0.1) is 0 Å². The van der Waals surface area contributed by atoms with E-state index < -0.39 is 0 Å². The van der Waals surface area contributed by atoms with Crippen LogP contribution in [0.1, 0.15) is 5.56 Å². The van der Waals surface area contributed by atoms with Gasteiger partial charge in [0.1, 0.15) is 0 Å². The van der Waals surface area contributed by atoms with Crippen molar-refractivity contribution in [2.24, 2.45) is 0 Å². The monoisotopic (exact) mass is 290 g/mol. The van der Waals surface area contributed by atoms with Crippen LogP contribution in [0.4, 0.5) is 0 Å². The number of benzene rings is 1. The molecule has 0 bridgehead atoms. The SMILES string of the molecule is CNC(=O)CNCc1ccc(Cl)cc1Br. The first-order valence-electron chi connectivity index (χ1n) is 4.48. The van der Waals surface area contributed by atoms with E-state index in [1.807, 2.05) is 18.2 Å². The third-order valence-electron chi connectivity index (χ3n) is 1.89. The summed E-state index contributed by atoms with van der Waals surface area (Å²) in [5, 5.41) is 6.26. The van der Waals surface area contributed by atoms with Gasteiger partial charge in [-0.1, -0.05) is 33.6 Å². The van der Waals surface area contributed by atoms with Crippen LogP contribution in [0, 0.1) is 0 Å². The lowest BCUT2D eigenvalue weighted by molar-refractivity contribution is -0.119. The van der Waals surface area contributed by atoms with Gasteiger partial charge in [0, 0.05) is 23.1 Å². The fourth-order valence-corrected chi connectivity index (χ4v) is 1.89. The Morgan fingerprint density at radius 2 is 2.27 bits per heavy atom. The molecule has 0 radical (unpaired) electrons. The molecule has 0 aromatic heterocycles. The van der Waals surface area contributed by atoms with Gasteiger partial charge in [0.2, 0.25) is 5.91 Å². The van der Waals surface area contributed by atoms with Crippen LogP contribution in [0.2, 0.25) is 5.02 Å². The predicted octanol–water partition coefficient (Wildman–Crippen LogP) is 1.94. The lowest BCUT2D eigenvalue weighted by Crippen LogP contribution is -2.31. The Bertz CT molecular complexity index is 357. The molecule has 0 aliphatic rings. The molecule has 0 atom stereocenters. The fraction of sp³-hybridized carbons (Fsp3) is 0.300. The van der Waals surface area contributed by atoms with Crippen molar-refractivity contribution in [2.45, 2.75) is 6.54 Å². The second-order valence-corrected chi connectivity index (χ2v) is 4.30. The van der Waals surface area contributed by atoms with Crippen LogP contribution >= 0.6 is 27.5 Å². The van der Waals surface area contributed by atoms with Crippen LogP contribution in [0.5, 0.6) is 0 Å². The van der Waals surface area contributed by atoms with Crippen molar-refractivity contribution in [1.82, 2.24) is 10.6 Å². The number of amides is 1. The Labute approximate surface area is 102 Å². The van der Waals surface area contributed by atoms with Crippen molar-refractivity contribution in [1.29, 1.82) is 0 Å². The number of nitrogens with one attached hydrogen (secondary N) is 2. The number of hydrogen-bond donors (Lipinski definition) is 2. The maximum Gasteiger partial charge on any atom is 0.233 e. The maximum absolute atomic E-state index is 10.9. The molecule has 1 aromatic carbocycles. The first-order valence-corrected chi connectivity index (χ1v) is 5.66. The minimum Gasteiger partial charge on any atom is -0.358 e. The van der Waals surface area contributed by atoms with Gasteiger partial charge in [0.25, 0.3) is 0 Å². The molecule has 82 valence electrons. The second-order valence-electron chi connectivity index (χ2n) is 3.01. The number of halogens is 2. The molecule has 1 amide bonds. The average Bonchev–Trinajstić information content (AvgIpc) is 2.21. The third kappa shape index (κ3) is 4.20. The van der Waals surface area contributed by atoms with Gasteiger partial charge in [0.05, 0.1) is 6.54 Å². The van der Waals surface area contributed by atoms with E-state index >= 15 is 0 Å². The first-order chi connectivity index (χ1) is 7.13. The van der Waals surface area contributed by atoms with E-state index in [1.54, 1.807) is 7.05 Å². The molecule has 0 aliphatic heterocycles. The molecule has 0 saturated carbocycles. The summed E-state index contributed by atoms with van der Waals surface area (Å²) in [6.07, 6.45) is 0. The van der Waals surface area contributed by atoms with Gasteiger partial charge >= 0.3 is 0 Å². The smallest absolute Gasteiger partial charge is 0.233 e. The Balaban J connectivity index is 2.47. The van der Waals surface area contributed by atoms with Crippen molar-refractivity contribution < 1.29 is 4.79 Å². The standard InChI is InChI=1S/C10H12BrClN2O/c1-13-10(15)6-14-5-7-2-3-8(12)4-9(7)11/h2-4,14H,5-6H2,1H3,(H,13,15). The highest BCUT2D eigenvalue weighted by molar-refractivity contribution is 9.10. The molecular formula is C10H12BrClN2O. The molecule has 0 saturated heterocycles. The van der Waals surface area contributed by atoms with Crippen molar-refractivity contribution in [3.63, 3.8) is 0 Å². The van der Waals surface area contributed by atoms with Crippen LogP contribution < -0.4 is 10.6 Å². The third-order valence-corrected chi connectivity index (χ3v) is 2.87. The Kier molecular flexibility index (Phi) is 5.08. The summed E-state index contributed by atoms with van der Waals surface area (Å²) in [6, 6.07) is 5.57. The van der Waals surface area contributed by atoms with Gasteiger partial charge in [-0.05, 0) is 17.7 Å². The molecule has 0 heterocycles. The number of carbonyl (C=O) groups excluding carboxylic acids is 1. The van der Waals surface area contributed by atoms with E-state index in [0.29, 0.717) is 18.1 Å². The van der Waals surface area contributed by atoms with Gasteiger partial charge in [-0.25, -0.2) is 0 Å². The van der Waals surface area contributed by atoms with E-state index in [9.17, 15) is 4.79 Å². The highest BCUT2D eigenvalue weighted by Crippen LogP contribution is 2.21. The molecule has 1 rings (SSSR count). The quantitative estimate of drug-likeness (QED) is 0.890. The van der Waals surface area contributed by atoms with Crippen molar-refractivity contribution in [3.05, 3.63) is 33.3 Å². The topological polar surface area (TPSA) is 41.1 Å². The molecule has 5 heteroatoms. The summed E-state index contributed by atoms with van der Waals surface area (Å²) in [6.45, 7) is 0.941. The number of likely N-dealkylation sites (N-methyl/N-ethyl adjacent to an activating group) is 1. The van der Waals surface area contributed by atoms with Crippen LogP contribution in [-0.2, 0) is 11.3 Å². The van der Waals surface area contributed by atoms with Crippen molar-refractivity contribution in [2.75, 3.05) is 13.6 Å². The zero-order chi connectivity index (χ0) is 11.3. The van der Waals surface area contributed by atoms with Crippen LogP contribution in [0.25, 0.3) is 0 Å². The minimum absolute atomic E-state index is 0.0277. The van der Waals surface area contributed by atoms with Crippen molar-refractivity contribution in [3.8, 4) is 0 Å². The second kappa shape index (κ2) is 6.10. The lowest BCUT2D eigenvalue weighted by atomic mass is 10.2. The van der Waals surface area contributed by atoms with E-state index in [-0.39, 0.29) is 5.91 Å². The molecule has 0 aliphatic carbocycles. The summed E-state index contributed by atoms with van der Waals surface area (Å²) in [5.41, 5.74) is 1.07. The Morgan fingerprint density at radius 3 is 2.87 bits per heavy atom. The number of carbonyl (C=O) groups is 1. The molecule has 3 nitrogen and oxygen atoms in total. The van der Waals surface area contributed by atoms with Gasteiger partial charge < -0.3 is 10.6 Å². The van der Waals surface area contributed by atoms with Crippen molar-refractivity contribution >= 4 is 33.4 Å². The van der Waals surface area contributed by atoms with Crippen LogP contribution in [-0.4, -0.2) is 19.5 Å². The highest BCUT2D eigenvalue weighted by atomic mass is 79.9. The van der Waals surface area contributed by atoms with Crippen LogP contribution in [0.3, 0.4) is 0 Å². The van der Waals surface area contributed by atoms with E-state index in [1.165, 1.54) is 0 Å². The summed E-state index contributed by atoms with van der Waals surface area (Å²) in [4.78, 5) is 10.9. The molecule has 0 unspecified atom stereocenters. The average molecular weight is 292 g/mol. The largest absolute Gasteiger partial charge is 0.358 e. The maximum atomic E-state index is 10.9. The van der Waals surface area contributed by atoms with Gasteiger partial charge in [-0.2, -0.15) is 0 Å². The fourth-order valence-electron chi connectivity index (χ4n) is 1.06. The van der Waals surface area contributed by atoms with E-state index in [4.69, 9.17) is 11.6 Å². The number of hydrogen-bond acceptors (Lipinski definition) is 2. The predicted molar refractivity (Wildman–Crippen MR) is 64.9 cm³/mol. The normalized spacial score (nSPS) is 10.1. The van der Waals surface area contributed by atoms with E-state index in [2.05, 4.69) is 26.6 Å². The molecule has 0 spiro atoms. The summed E-state index contributed by atoms with van der Waals surface area (Å²) in [7, 11) is 1.61. The first kappa shape index (κ1) is 12.5. The van der Waals surface area contributed by atoms with E-state index in [0.717, 1.165) is 10.0 Å². The molecule has 0 fully saturated rings. The summed E-state index contributed by atoms with van der Waals surface area (Å²) >= 11 is 9.22. The highest BCUT2D eigenvalue weighted by Gasteiger charge is 2.01. The molecule has 15 heavy (non-hydrogen) atoms. The zero-order valence-electron chi connectivity index (χ0n) is 8.31. The molecular weight excluding hydrogens is 279 g/mol. The number of rotatable bonds is 4. The molecule has 2 N–H and O–H groups in total.